The zero-order chi connectivity index (χ0) is 21.8. The lowest BCUT2D eigenvalue weighted by atomic mass is 10.2. The van der Waals surface area contributed by atoms with Crippen LogP contribution in [0.2, 0.25) is 0 Å². The lowest BCUT2D eigenvalue weighted by molar-refractivity contribution is -0.129. The Balaban J connectivity index is 1.74. The molecule has 6 nitrogen and oxygen atoms in total. The number of carbonyl (C=O) groups is 2. The van der Waals surface area contributed by atoms with Gasteiger partial charge < -0.3 is 15.2 Å². The van der Waals surface area contributed by atoms with Crippen molar-refractivity contribution in [3.05, 3.63) is 57.4 Å². The molecule has 156 valence electrons. The standard InChI is InChI=1S/C21H19BrN2O4S2/c1-3-28-16-7-5-15(6-8-16)23-19(26)12(2)24-20(27)18(30-21(24)29)11-13-10-14(22)4-9-17(13)25/h4-12,25H,3H2,1-2H3,(H,23,26)/b18-11-. The van der Waals surface area contributed by atoms with E-state index in [1.54, 1.807) is 49.4 Å². The van der Waals surface area contributed by atoms with Gasteiger partial charge in [-0.2, -0.15) is 0 Å². The van der Waals surface area contributed by atoms with Gasteiger partial charge >= 0.3 is 0 Å². The van der Waals surface area contributed by atoms with E-state index in [4.69, 9.17) is 17.0 Å². The molecule has 0 aromatic heterocycles. The normalized spacial score (nSPS) is 16.1. The van der Waals surface area contributed by atoms with Gasteiger partial charge in [-0.15, -0.1) is 0 Å². The highest BCUT2D eigenvalue weighted by atomic mass is 79.9. The molecule has 1 aliphatic heterocycles. The minimum Gasteiger partial charge on any atom is -0.507 e. The summed E-state index contributed by atoms with van der Waals surface area (Å²) in [7, 11) is 0. The second-order valence-corrected chi connectivity index (χ2v) is 8.97. The van der Waals surface area contributed by atoms with Gasteiger partial charge in [-0.3, -0.25) is 14.5 Å². The molecule has 0 aliphatic carbocycles. The summed E-state index contributed by atoms with van der Waals surface area (Å²) in [6.45, 7) is 4.07. The van der Waals surface area contributed by atoms with Crippen molar-refractivity contribution in [2.24, 2.45) is 0 Å². The van der Waals surface area contributed by atoms with Crippen LogP contribution in [0.4, 0.5) is 5.69 Å². The molecular formula is C21H19BrN2O4S2. The van der Waals surface area contributed by atoms with Gasteiger partial charge in [-0.05, 0) is 62.4 Å². The molecule has 9 heteroatoms. The number of hydrogen-bond donors (Lipinski definition) is 2. The maximum absolute atomic E-state index is 12.9. The summed E-state index contributed by atoms with van der Waals surface area (Å²) in [6, 6.07) is 11.1. The number of hydrogen-bond acceptors (Lipinski definition) is 6. The number of halogens is 1. The van der Waals surface area contributed by atoms with Gasteiger partial charge in [0.2, 0.25) is 5.91 Å². The lowest BCUT2D eigenvalue weighted by Gasteiger charge is -2.22. The Bertz CT molecular complexity index is 1020. The number of anilines is 1. The Kier molecular flexibility index (Phi) is 7.17. The Morgan fingerprint density at radius 1 is 1.33 bits per heavy atom. The molecule has 0 radical (unpaired) electrons. The van der Waals surface area contributed by atoms with E-state index in [0.717, 1.165) is 16.2 Å². The highest BCUT2D eigenvalue weighted by Gasteiger charge is 2.38. The van der Waals surface area contributed by atoms with E-state index < -0.39 is 6.04 Å². The number of nitrogens with zero attached hydrogens (tertiary/aromatic N) is 1. The molecule has 1 saturated heterocycles. The van der Waals surface area contributed by atoms with Crippen molar-refractivity contribution in [3.8, 4) is 11.5 Å². The first kappa shape index (κ1) is 22.3. The Morgan fingerprint density at radius 2 is 2.03 bits per heavy atom. The third-order valence-electron chi connectivity index (χ3n) is 4.30. The average molecular weight is 507 g/mol. The molecule has 0 saturated carbocycles. The van der Waals surface area contributed by atoms with Gasteiger partial charge in [-0.25, -0.2) is 0 Å². The molecule has 1 atom stereocenters. The Hall–Kier alpha value is -2.36. The fourth-order valence-electron chi connectivity index (χ4n) is 2.76. The molecule has 30 heavy (non-hydrogen) atoms. The number of phenolic OH excluding ortho intramolecular Hbond substituents is 1. The van der Waals surface area contributed by atoms with Gasteiger partial charge in [0.1, 0.15) is 21.9 Å². The fraction of sp³-hybridized carbons (Fsp3) is 0.190. The number of rotatable bonds is 6. The molecule has 1 fully saturated rings. The summed E-state index contributed by atoms with van der Waals surface area (Å²) >= 11 is 9.77. The third-order valence-corrected chi connectivity index (χ3v) is 6.12. The summed E-state index contributed by atoms with van der Waals surface area (Å²) in [5.74, 6) is 0.0203. The summed E-state index contributed by atoms with van der Waals surface area (Å²) < 4.78 is 6.44. The molecule has 2 amide bonds. The van der Waals surface area contributed by atoms with E-state index in [9.17, 15) is 14.7 Å². The van der Waals surface area contributed by atoms with Crippen molar-refractivity contribution in [1.82, 2.24) is 4.90 Å². The zero-order valence-electron chi connectivity index (χ0n) is 16.2. The predicted molar refractivity (Wildman–Crippen MR) is 127 cm³/mol. The summed E-state index contributed by atoms with van der Waals surface area (Å²) in [5, 5.41) is 12.8. The molecule has 1 heterocycles. The molecule has 0 bridgehead atoms. The summed E-state index contributed by atoms with van der Waals surface area (Å²) in [4.78, 5) is 27.2. The van der Waals surface area contributed by atoms with Gasteiger partial charge in [0, 0.05) is 15.7 Å². The second-order valence-electron chi connectivity index (χ2n) is 6.38. The lowest BCUT2D eigenvalue weighted by Crippen LogP contribution is -2.44. The molecule has 2 aromatic carbocycles. The van der Waals surface area contributed by atoms with Crippen LogP contribution in [0.3, 0.4) is 0 Å². The van der Waals surface area contributed by atoms with Crippen LogP contribution in [0.1, 0.15) is 19.4 Å². The van der Waals surface area contributed by atoms with Crippen LogP contribution in [0.5, 0.6) is 11.5 Å². The maximum Gasteiger partial charge on any atom is 0.266 e. The van der Waals surface area contributed by atoms with Crippen LogP contribution in [0, 0.1) is 0 Å². The van der Waals surface area contributed by atoms with Crippen molar-refractivity contribution in [2.75, 3.05) is 11.9 Å². The summed E-state index contributed by atoms with van der Waals surface area (Å²) in [6.07, 6.45) is 1.57. The third kappa shape index (κ3) is 5.03. The zero-order valence-corrected chi connectivity index (χ0v) is 19.4. The van der Waals surface area contributed by atoms with Crippen molar-refractivity contribution in [2.45, 2.75) is 19.9 Å². The number of aromatic hydroxyl groups is 1. The number of ether oxygens (including phenoxy) is 1. The Morgan fingerprint density at radius 3 is 2.70 bits per heavy atom. The first-order chi connectivity index (χ1) is 14.3. The SMILES string of the molecule is CCOc1ccc(NC(=O)C(C)N2C(=O)/C(=C/c3cc(Br)ccc3O)SC2=S)cc1. The minimum atomic E-state index is -0.800. The summed E-state index contributed by atoms with van der Waals surface area (Å²) in [5.41, 5.74) is 1.08. The maximum atomic E-state index is 12.9. The number of amides is 2. The van der Waals surface area contributed by atoms with E-state index in [1.807, 2.05) is 6.92 Å². The number of thiocarbonyl (C=S) groups is 1. The Labute approximate surface area is 192 Å². The van der Waals surface area contributed by atoms with Crippen molar-refractivity contribution in [1.29, 1.82) is 0 Å². The van der Waals surface area contributed by atoms with Crippen LogP contribution in [0.15, 0.2) is 51.8 Å². The second kappa shape index (κ2) is 9.63. The van der Waals surface area contributed by atoms with Gasteiger partial charge in [0.05, 0.1) is 11.5 Å². The topological polar surface area (TPSA) is 78.9 Å². The van der Waals surface area contributed by atoms with Crippen molar-refractivity contribution < 1.29 is 19.4 Å². The first-order valence-corrected chi connectivity index (χ1v) is 11.1. The van der Waals surface area contributed by atoms with E-state index >= 15 is 0 Å². The molecule has 3 rings (SSSR count). The minimum absolute atomic E-state index is 0.0461. The number of thioether (sulfide) groups is 1. The van der Waals surface area contributed by atoms with E-state index in [1.165, 1.54) is 11.0 Å². The fourth-order valence-corrected chi connectivity index (χ4v) is 4.55. The molecule has 2 aromatic rings. The number of benzene rings is 2. The number of nitrogens with one attached hydrogen (secondary N) is 1. The van der Waals surface area contributed by atoms with E-state index in [-0.39, 0.29) is 21.9 Å². The van der Waals surface area contributed by atoms with Crippen LogP contribution >= 0.6 is 39.9 Å². The van der Waals surface area contributed by atoms with E-state index in [2.05, 4.69) is 21.2 Å². The average Bonchev–Trinajstić information content (AvgIpc) is 2.99. The van der Waals surface area contributed by atoms with Crippen LogP contribution in [-0.4, -0.2) is 38.8 Å². The van der Waals surface area contributed by atoms with Crippen LogP contribution < -0.4 is 10.1 Å². The number of carbonyl (C=O) groups excluding carboxylic acids is 2. The van der Waals surface area contributed by atoms with Crippen molar-refractivity contribution in [3.63, 3.8) is 0 Å². The van der Waals surface area contributed by atoms with Gasteiger partial charge in [-0.1, -0.05) is 39.9 Å². The highest BCUT2D eigenvalue weighted by Crippen LogP contribution is 2.36. The highest BCUT2D eigenvalue weighted by molar-refractivity contribution is 9.10. The van der Waals surface area contributed by atoms with Crippen LogP contribution in [-0.2, 0) is 9.59 Å². The first-order valence-electron chi connectivity index (χ1n) is 9.09. The molecule has 1 unspecified atom stereocenters. The van der Waals surface area contributed by atoms with Gasteiger partial charge in [0.25, 0.3) is 5.91 Å². The molecule has 2 N–H and O–H groups in total. The molecular weight excluding hydrogens is 488 g/mol. The van der Waals surface area contributed by atoms with E-state index in [0.29, 0.717) is 28.5 Å². The molecule has 1 aliphatic rings. The smallest absolute Gasteiger partial charge is 0.266 e. The van der Waals surface area contributed by atoms with Crippen molar-refractivity contribution >= 4 is 67.8 Å². The quantitative estimate of drug-likeness (QED) is 0.433. The molecule has 0 spiro atoms. The largest absolute Gasteiger partial charge is 0.507 e. The van der Waals surface area contributed by atoms with Crippen LogP contribution in [0.25, 0.3) is 6.08 Å². The predicted octanol–water partition coefficient (Wildman–Crippen LogP) is 4.78. The van der Waals surface area contributed by atoms with Gasteiger partial charge in [0.15, 0.2) is 0 Å². The monoisotopic (exact) mass is 506 g/mol. The number of phenols is 1.